The van der Waals surface area contributed by atoms with E-state index < -0.39 is 0 Å². The van der Waals surface area contributed by atoms with Gasteiger partial charge in [0.15, 0.2) is 5.58 Å². The minimum absolute atomic E-state index is 0.123. The number of hydrogen-bond donors (Lipinski definition) is 1. The summed E-state index contributed by atoms with van der Waals surface area (Å²) in [4.78, 5) is 6.09. The lowest BCUT2D eigenvalue weighted by atomic mass is 10.3. The van der Waals surface area contributed by atoms with E-state index in [1.54, 1.807) is 6.07 Å². The third kappa shape index (κ3) is 1.86. The molecule has 2 aromatic rings. The summed E-state index contributed by atoms with van der Waals surface area (Å²) in [6, 6.07) is 4.86. The Kier molecular flexibility index (Phi) is 2.78. The van der Waals surface area contributed by atoms with Crippen LogP contribution in [-0.4, -0.2) is 24.6 Å². The maximum atomic E-state index is 13.0. The standard InChI is InChI=1S/C11H14FN3O/c1-7(6-13)15(2)11-14-9-4-3-8(12)5-10(9)16-11/h3-5,7H,6,13H2,1-2H3. The minimum atomic E-state index is -0.329. The molecule has 1 aromatic heterocycles. The molecular weight excluding hydrogens is 209 g/mol. The predicted molar refractivity (Wildman–Crippen MR) is 60.9 cm³/mol. The molecule has 2 rings (SSSR count). The van der Waals surface area contributed by atoms with Crippen LogP contribution in [0.1, 0.15) is 6.92 Å². The number of anilines is 1. The van der Waals surface area contributed by atoms with E-state index in [1.165, 1.54) is 12.1 Å². The quantitative estimate of drug-likeness (QED) is 0.861. The third-order valence-corrected chi connectivity index (χ3v) is 2.64. The minimum Gasteiger partial charge on any atom is -0.423 e. The fraction of sp³-hybridized carbons (Fsp3) is 0.364. The summed E-state index contributed by atoms with van der Waals surface area (Å²) in [6.45, 7) is 2.47. The Labute approximate surface area is 92.9 Å². The summed E-state index contributed by atoms with van der Waals surface area (Å²) in [6.07, 6.45) is 0. The van der Waals surface area contributed by atoms with E-state index in [0.717, 1.165) is 0 Å². The molecular formula is C11H14FN3O. The molecule has 0 aliphatic heterocycles. The molecule has 1 heterocycles. The first-order valence-electron chi connectivity index (χ1n) is 5.11. The van der Waals surface area contributed by atoms with Crippen molar-refractivity contribution in [3.8, 4) is 0 Å². The summed E-state index contributed by atoms with van der Waals surface area (Å²) in [5, 5.41) is 0. The smallest absolute Gasteiger partial charge is 0.298 e. The van der Waals surface area contributed by atoms with Crippen LogP contribution in [0.25, 0.3) is 11.1 Å². The Bertz CT molecular complexity index is 497. The molecule has 4 nitrogen and oxygen atoms in total. The van der Waals surface area contributed by atoms with Crippen LogP contribution < -0.4 is 10.6 Å². The lowest BCUT2D eigenvalue weighted by Gasteiger charge is -2.20. The van der Waals surface area contributed by atoms with Crippen molar-refractivity contribution in [2.45, 2.75) is 13.0 Å². The highest BCUT2D eigenvalue weighted by Gasteiger charge is 2.14. The molecule has 0 bridgehead atoms. The third-order valence-electron chi connectivity index (χ3n) is 2.64. The van der Waals surface area contributed by atoms with E-state index in [1.807, 2.05) is 18.9 Å². The first-order valence-corrected chi connectivity index (χ1v) is 5.11. The van der Waals surface area contributed by atoms with Crippen molar-refractivity contribution in [1.29, 1.82) is 0 Å². The fourth-order valence-corrected chi connectivity index (χ4v) is 1.38. The van der Waals surface area contributed by atoms with E-state index in [9.17, 15) is 4.39 Å². The van der Waals surface area contributed by atoms with Gasteiger partial charge in [0.05, 0.1) is 0 Å². The van der Waals surface area contributed by atoms with Crippen LogP contribution in [-0.2, 0) is 0 Å². The lowest BCUT2D eigenvalue weighted by Crippen LogP contribution is -2.35. The van der Waals surface area contributed by atoms with Crippen molar-refractivity contribution in [2.24, 2.45) is 5.73 Å². The van der Waals surface area contributed by atoms with Gasteiger partial charge in [-0.15, -0.1) is 0 Å². The Morgan fingerprint density at radius 1 is 1.56 bits per heavy atom. The van der Waals surface area contributed by atoms with Gasteiger partial charge in [-0.2, -0.15) is 4.98 Å². The van der Waals surface area contributed by atoms with Crippen LogP contribution in [0.5, 0.6) is 0 Å². The van der Waals surface area contributed by atoms with Gasteiger partial charge in [0.2, 0.25) is 0 Å². The zero-order valence-corrected chi connectivity index (χ0v) is 9.27. The number of nitrogens with zero attached hydrogens (tertiary/aromatic N) is 2. The number of hydrogen-bond acceptors (Lipinski definition) is 4. The fourth-order valence-electron chi connectivity index (χ4n) is 1.38. The number of halogens is 1. The van der Waals surface area contributed by atoms with Gasteiger partial charge in [0.25, 0.3) is 6.01 Å². The maximum absolute atomic E-state index is 13.0. The predicted octanol–water partition coefficient (Wildman–Crippen LogP) is 1.75. The number of aromatic nitrogens is 1. The highest BCUT2D eigenvalue weighted by molar-refractivity contribution is 5.74. The van der Waals surface area contributed by atoms with Gasteiger partial charge in [-0.05, 0) is 19.1 Å². The monoisotopic (exact) mass is 223 g/mol. The molecule has 0 fully saturated rings. The van der Waals surface area contributed by atoms with E-state index in [2.05, 4.69) is 4.98 Å². The second-order valence-corrected chi connectivity index (χ2v) is 3.80. The number of nitrogens with two attached hydrogens (primary N) is 1. The molecule has 1 aromatic carbocycles. The maximum Gasteiger partial charge on any atom is 0.298 e. The number of fused-ring (bicyclic) bond motifs is 1. The van der Waals surface area contributed by atoms with Crippen LogP contribution in [0.2, 0.25) is 0 Å². The van der Waals surface area contributed by atoms with Crippen LogP contribution in [0.15, 0.2) is 22.6 Å². The molecule has 0 radical (unpaired) electrons. The highest BCUT2D eigenvalue weighted by atomic mass is 19.1. The van der Waals surface area contributed by atoms with E-state index in [4.69, 9.17) is 10.2 Å². The van der Waals surface area contributed by atoms with Crippen LogP contribution in [0.3, 0.4) is 0 Å². The van der Waals surface area contributed by atoms with Crippen molar-refractivity contribution < 1.29 is 8.81 Å². The molecule has 0 amide bonds. The average Bonchev–Trinajstić information content (AvgIpc) is 2.69. The highest BCUT2D eigenvalue weighted by Crippen LogP contribution is 2.22. The first-order chi connectivity index (χ1) is 7.61. The second-order valence-electron chi connectivity index (χ2n) is 3.80. The molecule has 1 unspecified atom stereocenters. The molecule has 1 atom stereocenters. The van der Waals surface area contributed by atoms with Crippen molar-refractivity contribution in [1.82, 2.24) is 4.98 Å². The Balaban J connectivity index is 2.39. The van der Waals surface area contributed by atoms with E-state index in [-0.39, 0.29) is 11.9 Å². The number of oxazole rings is 1. The molecule has 0 aliphatic rings. The molecule has 16 heavy (non-hydrogen) atoms. The zero-order chi connectivity index (χ0) is 11.7. The van der Waals surface area contributed by atoms with Gasteiger partial charge in [-0.25, -0.2) is 4.39 Å². The van der Waals surface area contributed by atoms with Gasteiger partial charge in [0.1, 0.15) is 11.3 Å². The van der Waals surface area contributed by atoms with Gasteiger partial charge >= 0.3 is 0 Å². The Morgan fingerprint density at radius 2 is 2.31 bits per heavy atom. The van der Waals surface area contributed by atoms with E-state index in [0.29, 0.717) is 23.7 Å². The first kappa shape index (κ1) is 10.9. The van der Waals surface area contributed by atoms with Crippen LogP contribution >= 0.6 is 0 Å². The summed E-state index contributed by atoms with van der Waals surface area (Å²) in [7, 11) is 1.85. The van der Waals surface area contributed by atoms with Crippen LogP contribution in [0.4, 0.5) is 10.4 Å². The molecule has 0 aliphatic carbocycles. The Hall–Kier alpha value is -1.62. The van der Waals surface area contributed by atoms with Crippen molar-refractivity contribution >= 4 is 17.1 Å². The molecule has 5 heteroatoms. The van der Waals surface area contributed by atoms with Gasteiger partial charge in [0, 0.05) is 25.7 Å². The summed E-state index contributed by atoms with van der Waals surface area (Å²) in [5.41, 5.74) is 6.65. The zero-order valence-electron chi connectivity index (χ0n) is 9.27. The van der Waals surface area contributed by atoms with Gasteiger partial charge < -0.3 is 15.1 Å². The van der Waals surface area contributed by atoms with Crippen molar-refractivity contribution in [2.75, 3.05) is 18.5 Å². The lowest BCUT2D eigenvalue weighted by molar-refractivity contribution is 0.548. The molecule has 0 saturated carbocycles. The molecule has 86 valence electrons. The summed E-state index contributed by atoms with van der Waals surface area (Å²) >= 11 is 0. The Morgan fingerprint density at radius 3 is 3.00 bits per heavy atom. The topological polar surface area (TPSA) is 55.3 Å². The molecule has 2 N–H and O–H groups in total. The molecule has 0 saturated heterocycles. The SMILES string of the molecule is CC(CN)N(C)c1nc2ccc(F)cc2o1. The average molecular weight is 223 g/mol. The number of benzene rings is 1. The largest absolute Gasteiger partial charge is 0.423 e. The molecule has 0 spiro atoms. The van der Waals surface area contributed by atoms with Crippen LogP contribution in [0, 0.1) is 5.82 Å². The second kappa shape index (κ2) is 4.09. The number of rotatable bonds is 3. The van der Waals surface area contributed by atoms with Gasteiger partial charge in [-0.1, -0.05) is 0 Å². The van der Waals surface area contributed by atoms with E-state index >= 15 is 0 Å². The van der Waals surface area contributed by atoms with Gasteiger partial charge in [-0.3, -0.25) is 0 Å². The summed E-state index contributed by atoms with van der Waals surface area (Å²) in [5.74, 6) is -0.329. The normalized spacial score (nSPS) is 13.0. The van der Waals surface area contributed by atoms with Crippen molar-refractivity contribution in [3.63, 3.8) is 0 Å². The summed E-state index contributed by atoms with van der Waals surface area (Å²) < 4.78 is 18.4. The number of likely N-dealkylation sites (N-methyl/N-ethyl adjacent to an activating group) is 1. The van der Waals surface area contributed by atoms with Crippen molar-refractivity contribution in [3.05, 3.63) is 24.0 Å².